The van der Waals surface area contributed by atoms with E-state index >= 15 is 0 Å². The first kappa shape index (κ1) is 16.9. The Morgan fingerprint density at radius 1 is 1.32 bits per heavy atom. The smallest absolute Gasteiger partial charge is 0.0611 e. The van der Waals surface area contributed by atoms with Gasteiger partial charge < -0.3 is 15.3 Å². The molecule has 1 rings (SSSR count). The fraction of sp³-hybridized carbons (Fsp3) is 1.00. The van der Waals surface area contributed by atoms with Crippen LogP contribution in [0.25, 0.3) is 0 Å². The van der Waals surface area contributed by atoms with Crippen molar-refractivity contribution >= 4 is 0 Å². The summed E-state index contributed by atoms with van der Waals surface area (Å²) in [6.07, 6.45) is 3.48. The molecule has 0 amide bonds. The number of likely N-dealkylation sites (N-methyl/N-ethyl adjacent to an activating group) is 2. The highest BCUT2D eigenvalue weighted by Crippen LogP contribution is 2.16. The van der Waals surface area contributed by atoms with E-state index in [1.165, 1.54) is 32.5 Å². The molecule has 0 aromatic heterocycles. The van der Waals surface area contributed by atoms with Gasteiger partial charge in [0.15, 0.2) is 0 Å². The van der Waals surface area contributed by atoms with Gasteiger partial charge >= 0.3 is 0 Å². The Balaban J connectivity index is 2.53. The number of nitrogens with zero attached hydrogens (tertiary/aromatic N) is 2. The maximum absolute atomic E-state index is 9.58. The number of aliphatic hydroxyl groups is 1. The summed E-state index contributed by atoms with van der Waals surface area (Å²) in [5.41, 5.74) is -0.134. The second-order valence-electron chi connectivity index (χ2n) is 6.21. The minimum Gasteiger partial charge on any atom is -0.394 e. The molecule has 19 heavy (non-hydrogen) atoms. The molecule has 2 atom stereocenters. The van der Waals surface area contributed by atoms with E-state index < -0.39 is 0 Å². The molecule has 1 aliphatic rings. The van der Waals surface area contributed by atoms with Gasteiger partial charge in [0.25, 0.3) is 0 Å². The van der Waals surface area contributed by atoms with Crippen LogP contribution >= 0.6 is 0 Å². The average Bonchev–Trinajstić information content (AvgIpc) is 2.58. The molecule has 0 spiro atoms. The van der Waals surface area contributed by atoms with Crippen molar-refractivity contribution in [2.45, 2.75) is 51.6 Å². The van der Waals surface area contributed by atoms with E-state index in [4.69, 9.17) is 0 Å². The van der Waals surface area contributed by atoms with Crippen LogP contribution in [0.15, 0.2) is 0 Å². The Morgan fingerprint density at radius 3 is 2.63 bits per heavy atom. The van der Waals surface area contributed by atoms with E-state index in [0.717, 1.165) is 19.5 Å². The van der Waals surface area contributed by atoms with Crippen LogP contribution in [0, 0.1) is 0 Å². The number of rotatable bonds is 7. The summed E-state index contributed by atoms with van der Waals surface area (Å²) in [4.78, 5) is 5.07. The van der Waals surface area contributed by atoms with Crippen LogP contribution in [0.5, 0.6) is 0 Å². The molecule has 4 nitrogen and oxygen atoms in total. The lowest BCUT2D eigenvalue weighted by Gasteiger charge is -2.35. The average molecular weight is 271 g/mol. The largest absolute Gasteiger partial charge is 0.394 e. The molecule has 1 saturated heterocycles. The standard InChI is InChI=1S/C15H33N3O/c1-5-14-12-17(4)9-7-10-18(14)11-8-15(3,13-19)16-6-2/h14,16,19H,5-13H2,1-4H3. The zero-order valence-electron chi connectivity index (χ0n) is 13.3. The van der Waals surface area contributed by atoms with Gasteiger partial charge in [-0.2, -0.15) is 0 Å². The topological polar surface area (TPSA) is 38.7 Å². The van der Waals surface area contributed by atoms with Gasteiger partial charge in [0.2, 0.25) is 0 Å². The summed E-state index contributed by atoms with van der Waals surface area (Å²) in [5, 5.41) is 13.0. The number of hydrogen-bond donors (Lipinski definition) is 2. The lowest BCUT2D eigenvalue weighted by molar-refractivity contribution is 0.126. The van der Waals surface area contributed by atoms with Crippen LogP contribution in [0.4, 0.5) is 0 Å². The van der Waals surface area contributed by atoms with Crippen molar-refractivity contribution in [3.05, 3.63) is 0 Å². The molecular formula is C15H33N3O. The Bertz CT molecular complexity index is 250. The Hall–Kier alpha value is -0.160. The lowest BCUT2D eigenvalue weighted by atomic mass is 9.98. The van der Waals surface area contributed by atoms with Crippen molar-refractivity contribution in [1.29, 1.82) is 0 Å². The highest BCUT2D eigenvalue weighted by Gasteiger charge is 2.26. The van der Waals surface area contributed by atoms with E-state index in [-0.39, 0.29) is 12.1 Å². The Kier molecular flexibility index (Phi) is 7.29. The molecule has 1 aliphatic heterocycles. The SMILES string of the molecule is CCNC(C)(CO)CCN1CCCN(C)CC1CC. The molecule has 1 heterocycles. The van der Waals surface area contributed by atoms with Crippen LogP contribution < -0.4 is 5.32 Å². The molecule has 1 fully saturated rings. The maximum atomic E-state index is 9.58. The van der Waals surface area contributed by atoms with Crippen molar-refractivity contribution in [3.8, 4) is 0 Å². The molecule has 2 N–H and O–H groups in total. The summed E-state index contributed by atoms with van der Waals surface area (Å²) in [6, 6.07) is 0.664. The molecule has 0 aliphatic carbocycles. The highest BCUT2D eigenvalue weighted by atomic mass is 16.3. The number of nitrogens with one attached hydrogen (secondary N) is 1. The second kappa shape index (κ2) is 8.20. The summed E-state index contributed by atoms with van der Waals surface area (Å²) < 4.78 is 0. The van der Waals surface area contributed by atoms with Gasteiger partial charge in [-0.25, -0.2) is 0 Å². The molecule has 114 valence electrons. The van der Waals surface area contributed by atoms with Gasteiger partial charge in [0, 0.05) is 24.7 Å². The van der Waals surface area contributed by atoms with Crippen LogP contribution in [0.3, 0.4) is 0 Å². The first-order chi connectivity index (χ1) is 9.04. The Morgan fingerprint density at radius 2 is 2.05 bits per heavy atom. The minimum atomic E-state index is -0.134. The molecule has 0 aromatic carbocycles. The zero-order chi connectivity index (χ0) is 14.3. The first-order valence-corrected chi connectivity index (χ1v) is 7.83. The summed E-state index contributed by atoms with van der Waals surface area (Å²) >= 11 is 0. The molecule has 2 unspecified atom stereocenters. The number of hydrogen-bond acceptors (Lipinski definition) is 4. The van der Waals surface area contributed by atoms with Crippen LogP contribution in [-0.2, 0) is 0 Å². The Labute approximate surface area is 119 Å². The summed E-state index contributed by atoms with van der Waals surface area (Å²) in [7, 11) is 2.22. The molecular weight excluding hydrogens is 238 g/mol. The lowest BCUT2D eigenvalue weighted by Crippen LogP contribution is -2.49. The third-order valence-electron chi connectivity index (χ3n) is 4.40. The molecule has 0 bridgehead atoms. The quantitative estimate of drug-likeness (QED) is 0.729. The fourth-order valence-electron chi connectivity index (χ4n) is 3.01. The van der Waals surface area contributed by atoms with E-state index in [9.17, 15) is 5.11 Å². The molecule has 4 heteroatoms. The van der Waals surface area contributed by atoms with Gasteiger partial charge in [-0.15, -0.1) is 0 Å². The monoisotopic (exact) mass is 271 g/mol. The van der Waals surface area contributed by atoms with Crippen LogP contribution in [0.2, 0.25) is 0 Å². The van der Waals surface area contributed by atoms with E-state index in [0.29, 0.717) is 6.04 Å². The van der Waals surface area contributed by atoms with Crippen molar-refractivity contribution in [3.63, 3.8) is 0 Å². The maximum Gasteiger partial charge on any atom is 0.0611 e. The van der Waals surface area contributed by atoms with E-state index in [2.05, 4.69) is 42.9 Å². The molecule has 0 aromatic rings. The van der Waals surface area contributed by atoms with Crippen LogP contribution in [0.1, 0.15) is 40.0 Å². The molecule has 0 radical (unpaired) electrons. The van der Waals surface area contributed by atoms with Gasteiger partial charge in [-0.3, -0.25) is 4.90 Å². The predicted molar refractivity (Wildman–Crippen MR) is 81.6 cm³/mol. The molecule has 0 saturated carbocycles. The van der Waals surface area contributed by atoms with Crippen molar-refractivity contribution in [2.24, 2.45) is 0 Å². The third kappa shape index (κ3) is 5.38. The van der Waals surface area contributed by atoms with Gasteiger partial charge in [0.1, 0.15) is 0 Å². The van der Waals surface area contributed by atoms with Gasteiger partial charge in [-0.1, -0.05) is 13.8 Å². The van der Waals surface area contributed by atoms with E-state index in [1.807, 2.05) is 0 Å². The third-order valence-corrected chi connectivity index (χ3v) is 4.40. The zero-order valence-corrected chi connectivity index (χ0v) is 13.3. The van der Waals surface area contributed by atoms with Crippen molar-refractivity contribution in [2.75, 3.05) is 46.4 Å². The summed E-state index contributed by atoms with van der Waals surface area (Å²) in [5.74, 6) is 0. The normalized spacial score (nSPS) is 26.1. The highest BCUT2D eigenvalue weighted by molar-refractivity contribution is 4.85. The second-order valence-corrected chi connectivity index (χ2v) is 6.21. The van der Waals surface area contributed by atoms with E-state index in [1.54, 1.807) is 0 Å². The van der Waals surface area contributed by atoms with Crippen molar-refractivity contribution in [1.82, 2.24) is 15.1 Å². The minimum absolute atomic E-state index is 0.134. The predicted octanol–water partition coefficient (Wildman–Crippen LogP) is 1.15. The summed E-state index contributed by atoms with van der Waals surface area (Å²) in [6.45, 7) is 12.3. The van der Waals surface area contributed by atoms with Crippen molar-refractivity contribution < 1.29 is 5.11 Å². The van der Waals surface area contributed by atoms with Gasteiger partial charge in [0.05, 0.1) is 6.61 Å². The first-order valence-electron chi connectivity index (χ1n) is 7.83. The number of aliphatic hydroxyl groups excluding tert-OH is 1. The van der Waals surface area contributed by atoms with Gasteiger partial charge in [-0.05, 0) is 52.9 Å². The fourth-order valence-corrected chi connectivity index (χ4v) is 3.01. The van der Waals surface area contributed by atoms with Crippen LogP contribution in [-0.4, -0.2) is 72.9 Å².